The molecule has 0 spiro atoms. The topological polar surface area (TPSA) is 95.5 Å². The second-order valence-corrected chi connectivity index (χ2v) is 6.80. The first-order valence-electron chi connectivity index (χ1n) is 9.16. The molecule has 1 rings (SSSR count). The molecular weight excluding hydrogens is 332 g/mol. The number of carbonyl (C=O) groups is 3. The fourth-order valence-electron chi connectivity index (χ4n) is 2.63. The van der Waals surface area contributed by atoms with Crippen LogP contribution < -0.4 is 10.6 Å². The van der Waals surface area contributed by atoms with Crippen LogP contribution in [0, 0.1) is 11.8 Å². The molecule has 0 aliphatic carbocycles. The van der Waals surface area contributed by atoms with Gasteiger partial charge in [-0.25, -0.2) is 4.79 Å². The summed E-state index contributed by atoms with van der Waals surface area (Å²) in [5, 5.41) is 14.7. The fourth-order valence-corrected chi connectivity index (χ4v) is 2.63. The maximum Gasteiger partial charge on any atom is 0.326 e. The molecule has 0 bridgehead atoms. The maximum atomic E-state index is 12.7. The molecule has 6 nitrogen and oxygen atoms in total. The summed E-state index contributed by atoms with van der Waals surface area (Å²) >= 11 is 0. The first-order chi connectivity index (χ1) is 12.3. The van der Waals surface area contributed by atoms with Crippen molar-refractivity contribution in [2.45, 2.75) is 59.0 Å². The molecule has 0 heterocycles. The van der Waals surface area contributed by atoms with Gasteiger partial charge in [0, 0.05) is 0 Å². The SMILES string of the molecule is CC[C@H](C)[C@H](NC(=O)[C@@H](NC(=O)Cc1ccccc1)[C@@H](C)CC)C(=O)O. The number of amides is 2. The number of rotatable bonds is 10. The molecular formula is C20H30N2O4. The monoisotopic (exact) mass is 362 g/mol. The minimum atomic E-state index is -1.06. The molecule has 0 aliphatic heterocycles. The highest BCUT2D eigenvalue weighted by Gasteiger charge is 2.31. The number of aliphatic carboxylic acids is 1. The van der Waals surface area contributed by atoms with Crippen LogP contribution in [-0.2, 0) is 20.8 Å². The zero-order valence-corrected chi connectivity index (χ0v) is 16.0. The van der Waals surface area contributed by atoms with Gasteiger partial charge < -0.3 is 15.7 Å². The minimum absolute atomic E-state index is 0.110. The van der Waals surface area contributed by atoms with Gasteiger partial charge >= 0.3 is 5.97 Å². The second-order valence-electron chi connectivity index (χ2n) is 6.80. The summed E-state index contributed by atoms with van der Waals surface area (Å²) in [6.07, 6.45) is 1.49. The van der Waals surface area contributed by atoms with Crippen LogP contribution in [-0.4, -0.2) is 35.0 Å². The van der Waals surface area contributed by atoms with E-state index in [9.17, 15) is 19.5 Å². The van der Waals surface area contributed by atoms with Crippen molar-refractivity contribution in [3.05, 3.63) is 35.9 Å². The van der Waals surface area contributed by atoms with Crippen LogP contribution in [0.5, 0.6) is 0 Å². The van der Waals surface area contributed by atoms with E-state index in [0.717, 1.165) is 5.56 Å². The van der Waals surface area contributed by atoms with Crippen LogP contribution in [0.25, 0.3) is 0 Å². The van der Waals surface area contributed by atoms with E-state index in [1.807, 2.05) is 51.1 Å². The Labute approximate surface area is 155 Å². The van der Waals surface area contributed by atoms with Gasteiger partial charge in [-0.05, 0) is 17.4 Å². The molecule has 0 unspecified atom stereocenters. The minimum Gasteiger partial charge on any atom is -0.480 e. The summed E-state index contributed by atoms with van der Waals surface area (Å²) in [5.74, 6) is -2.08. The Morgan fingerprint density at radius 3 is 1.96 bits per heavy atom. The van der Waals surface area contributed by atoms with Gasteiger partial charge in [-0.2, -0.15) is 0 Å². The Bertz CT molecular complexity index is 603. The summed E-state index contributed by atoms with van der Waals surface area (Å²) in [6.45, 7) is 7.45. The lowest BCUT2D eigenvalue weighted by atomic mass is 9.95. The summed E-state index contributed by atoms with van der Waals surface area (Å²) in [7, 11) is 0. The lowest BCUT2D eigenvalue weighted by molar-refractivity contribution is -0.144. The standard InChI is InChI=1S/C20H30N2O4/c1-5-13(3)17(19(24)22-18(20(25)26)14(4)6-2)21-16(23)12-15-10-8-7-9-11-15/h7-11,13-14,17-18H,5-6,12H2,1-4H3,(H,21,23)(H,22,24)(H,25,26)/t13-,14-,17-,18-/m0/s1. The first kappa shape index (κ1) is 21.7. The average Bonchev–Trinajstić information content (AvgIpc) is 2.63. The molecule has 1 aromatic carbocycles. The van der Waals surface area contributed by atoms with E-state index in [4.69, 9.17) is 0 Å². The molecule has 144 valence electrons. The van der Waals surface area contributed by atoms with Gasteiger partial charge in [0.1, 0.15) is 12.1 Å². The van der Waals surface area contributed by atoms with Crippen molar-refractivity contribution in [2.75, 3.05) is 0 Å². The van der Waals surface area contributed by atoms with E-state index in [-0.39, 0.29) is 24.2 Å². The molecule has 0 saturated carbocycles. The van der Waals surface area contributed by atoms with Crippen LogP contribution in [0.2, 0.25) is 0 Å². The number of nitrogens with one attached hydrogen (secondary N) is 2. The predicted molar refractivity (Wildman–Crippen MR) is 101 cm³/mol. The van der Waals surface area contributed by atoms with Gasteiger partial charge in [-0.15, -0.1) is 0 Å². The highest BCUT2D eigenvalue weighted by molar-refractivity contribution is 5.91. The van der Waals surface area contributed by atoms with Gasteiger partial charge in [0.2, 0.25) is 11.8 Å². The van der Waals surface area contributed by atoms with E-state index >= 15 is 0 Å². The Kier molecular flexibility index (Phi) is 8.82. The Hall–Kier alpha value is -2.37. The van der Waals surface area contributed by atoms with E-state index in [2.05, 4.69) is 10.6 Å². The normalized spacial score (nSPS) is 15.4. The van der Waals surface area contributed by atoms with E-state index in [1.165, 1.54) is 0 Å². The Morgan fingerprint density at radius 1 is 0.923 bits per heavy atom. The smallest absolute Gasteiger partial charge is 0.326 e. The van der Waals surface area contributed by atoms with Crippen LogP contribution in [0.15, 0.2) is 30.3 Å². The predicted octanol–water partition coefficient (Wildman–Crippen LogP) is 2.38. The molecule has 26 heavy (non-hydrogen) atoms. The molecule has 0 saturated heterocycles. The number of carboxylic acids is 1. The van der Waals surface area contributed by atoms with Crippen molar-refractivity contribution in [3.8, 4) is 0 Å². The van der Waals surface area contributed by atoms with E-state index in [1.54, 1.807) is 6.92 Å². The summed E-state index contributed by atoms with van der Waals surface area (Å²) in [5.41, 5.74) is 0.858. The van der Waals surface area contributed by atoms with Crippen molar-refractivity contribution in [1.82, 2.24) is 10.6 Å². The number of benzene rings is 1. The molecule has 0 aromatic heterocycles. The lowest BCUT2D eigenvalue weighted by Gasteiger charge is -2.27. The number of hydrogen-bond acceptors (Lipinski definition) is 3. The van der Waals surface area contributed by atoms with Gasteiger partial charge in [-0.3, -0.25) is 9.59 Å². The van der Waals surface area contributed by atoms with Crippen LogP contribution in [0.1, 0.15) is 46.1 Å². The van der Waals surface area contributed by atoms with Crippen molar-refractivity contribution < 1.29 is 19.5 Å². The second kappa shape index (κ2) is 10.6. The molecule has 6 heteroatoms. The largest absolute Gasteiger partial charge is 0.480 e. The quantitative estimate of drug-likeness (QED) is 0.595. The van der Waals surface area contributed by atoms with Crippen LogP contribution >= 0.6 is 0 Å². The number of carbonyl (C=O) groups excluding carboxylic acids is 2. The van der Waals surface area contributed by atoms with Gasteiger partial charge in [0.25, 0.3) is 0 Å². The van der Waals surface area contributed by atoms with Crippen LogP contribution in [0.3, 0.4) is 0 Å². The lowest BCUT2D eigenvalue weighted by Crippen LogP contribution is -2.55. The summed E-state index contributed by atoms with van der Waals surface area (Å²) < 4.78 is 0. The average molecular weight is 362 g/mol. The molecule has 4 atom stereocenters. The molecule has 0 radical (unpaired) electrons. The van der Waals surface area contributed by atoms with Crippen molar-refractivity contribution in [1.29, 1.82) is 0 Å². The Morgan fingerprint density at radius 2 is 1.46 bits per heavy atom. The molecule has 0 aliphatic rings. The molecule has 2 amide bonds. The third kappa shape index (κ3) is 6.50. The summed E-state index contributed by atoms with van der Waals surface area (Å²) in [4.78, 5) is 36.5. The van der Waals surface area contributed by atoms with Gasteiger partial charge in [0.15, 0.2) is 0 Å². The highest BCUT2D eigenvalue weighted by atomic mass is 16.4. The number of hydrogen-bond donors (Lipinski definition) is 3. The third-order valence-electron chi connectivity index (χ3n) is 4.80. The van der Waals surface area contributed by atoms with Crippen LogP contribution in [0.4, 0.5) is 0 Å². The third-order valence-corrected chi connectivity index (χ3v) is 4.80. The van der Waals surface area contributed by atoms with E-state index < -0.39 is 24.0 Å². The fraction of sp³-hybridized carbons (Fsp3) is 0.550. The molecule has 3 N–H and O–H groups in total. The summed E-state index contributed by atoms with van der Waals surface area (Å²) in [6, 6.07) is 7.54. The zero-order valence-electron chi connectivity index (χ0n) is 16.0. The maximum absolute atomic E-state index is 12.7. The van der Waals surface area contributed by atoms with Crippen molar-refractivity contribution >= 4 is 17.8 Å². The van der Waals surface area contributed by atoms with Crippen molar-refractivity contribution in [2.24, 2.45) is 11.8 Å². The Balaban J connectivity index is 2.83. The zero-order chi connectivity index (χ0) is 19.7. The number of carboxylic acid groups (broad SMARTS) is 1. The highest BCUT2D eigenvalue weighted by Crippen LogP contribution is 2.12. The first-order valence-corrected chi connectivity index (χ1v) is 9.16. The van der Waals surface area contributed by atoms with Gasteiger partial charge in [0.05, 0.1) is 6.42 Å². The van der Waals surface area contributed by atoms with Crippen molar-refractivity contribution in [3.63, 3.8) is 0 Å². The molecule has 0 fully saturated rings. The van der Waals surface area contributed by atoms with Gasteiger partial charge in [-0.1, -0.05) is 70.9 Å². The van der Waals surface area contributed by atoms with E-state index in [0.29, 0.717) is 12.8 Å². The molecule has 1 aromatic rings.